The third-order valence-corrected chi connectivity index (χ3v) is 13.6. The van der Waals surface area contributed by atoms with Crippen molar-refractivity contribution in [3.63, 3.8) is 0 Å². The fraction of sp³-hybridized carbons (Fsp3) is 0.615. The first-order valence-corrected chi connectivity index (χ1v) is 20.7. The number of hydrogen-bond donors (Lipinski definition) is 3. The summed E-state index contributed by atoms with van der Waals surface area (Å²) >= 11 is 0. The standard InChI is InChI=1S/C39H51N5O10S/c1-5-25-19-39(25,34(47)42-55(50,51)27-12-13-27)41-32(45)29-18-26-21-44(29)33(46)31(37(2,3)4)40-35(48)53-23-38(15-16-38)14-7-6-8-17-52-30-11-9-10-24-20-43(22-28(24)30)36(49)54-26/h5-6,8-11,25-27,29,31H,1,7,12-23H2,2-4H3,(H,40,48)(H,41,45)(H,42,47)/b8-6+/t25-,26+,29?,31+,39-/m0/s1. The van der Waals surface area contributed by atoms with Gasteiger partial charge in [-0.3, -0.25) is 24.0 Å². The van der Waals surface area contributed by atoms with E-state index in [1.54, 1.807) is 20.8 Å². The zero-order chi connectivity index (χ0) is 39.3. The lowest BCUT2D eigenvalue weighted by atomic mass is 9.85. The van der Waals surface area contributed by atoms with Gasteiger partial charge >= 0.3 is 12.2 Å². The number of benzene rings is 1. The number of amides is 5. The number of carbonyl (C=O) groups is 5. The number of alkyl carbamates (subject to hydrolysis) is 1. The molecule has 5 atom stereocenters. The molecule has 1 spiro atoms. The van der Waals surface area contributed by atoms with Crippen LogP contribution in [-0.4, -0.2) is 96.9 Å². The minimum Gasteiger partial charge on any atom is -0.489 e. The van der Waals surface area contributed by atoms with Crippen molar-refractivity contribution in [2.24, 2.45) is 16.7 Å². The highest BCUT2D eigenvalue weighted by atomic mass is 32.2. The van der Waals surface area contributed by atoms with Gasteiger partial charge in [-0.25, -0.2) is 18.0 Å². The van der Waals surface area contributed by atoms with Crippen LogP contribution in [-0.2, 0) is 47.0 Å². The van der Waals surface area contributed by atoms with Crippen molar-refractivity contribution in [3.8, 4) is 5.75 Å². The Hall–Kier alpha value is -4.60. The second kappa shape index (κ2) is 14.5. The number of carbonyl (C=O) groups excluding carboxylic acids is 5. The maximum atomic E-state index is 14.5. The minimum atomic E-state index is -3.92. The van der Waals surface area contributed by atoms with Crippen molar-refractivity contribution in [1.82, 2.24) is 25.2 Å². The van der Waals surface area contributed by atoms with E-state index in [1.165, 1.54) is 15.9 Å². The molecule has 0 radical (unpaired) electrons. The summed E-state index contributed by atoms with van der Waals surface area (Å²) in [6, 6.07) is 3.29. The Morgan fingerprint density at radius 1 is 1.05 bits per heavy atom. The van der Waals surface area contributed by atoms with Crippen molar-refractivity contribution in [2.45, 2.75) is 114 Å². The Morgan fingerprint density at radius 2 is 1.82 bits per heavy atom. The molecule has 15 nitrogen and oxygen atoms in total. The van der Waals surface area contributed by atoms with Crippen LogP contribution in [0.5, 0.6) is 5.75 Å². The van der Waals surface area contributed by atoms with Crippen LogP contribution in [0, 0.1) is 16.7 Å². The monoisotopic (exact) mass is 781 g/mol. The fourth-order valence-corrected chi connectivity index (χ4v) is 9.18. The third-order valence-electron chi connectivity index (χ3n) is 11.7. The van der Waals surface area contributed by atoms with E-state index in [1.807, 2.05) is 24.3 Å². The molecule has 4 bridgehead atoms. The average Bonchev–Trinajstić information content (AvgIpc) is 4.08. The van der Waals surface area contributed by atoms with Crippen molar-refractivity contribution >= 4 is 39.9 Å². The molecule has 3 aliphatic carbocycles. The molecule has 4 fully saturated rings. The summed E-state index contributed by atoms with van der Waals surface area (Å²) < 4.78 is 45.3. The van der Waals surface area contributed by atoms with E-state index in [0.29, 0.717) is 25.2 Å². The quantitative estimate of drug-likeness (QED) is 0.361. The van der Waals surface area contributed by atoms with E-state index in [-0.39, 0.29) is 44.5 Å². The smallest absolute Gasteiger partial charge is 0.410 e. The molecule has 16 heteroatoms. The summed E-state index contributed by atoms with van der Waals surface area (Å²) in [4.78, 5) is 72.0. The first-order valence-electron chi connectivity index (χ1n) is 19.1. The highest BCUT2D eigenvalue weighted by Crippen LogP contribution is 2.50. The lowest BCUT2D eigenvalue weighted by molar-refractivity contribution is -0.143. The van der Waals surface area contributed by atoms with Gasteiger partial charge in [0.2, 0.25) is 21.8 Å². The normalized spacial score (nSPS) is 30.1. The largest absolute Gasteiger partial charge is 0.489 e. The van der Waals surface area contributed by atoms with Crippen LogP contribution < -0.4 is 20.1 Å². The van der Waals surface area contributed by atoms with E-state index in [4.69, 9.17) is 14.2 Å². The molecule has 298 valence electrons. The van der Waals surface area contributed by atoms with Crippen molar-refractivity contribution in [1.29, 1.82) is 0 Å². The van der Waals surface area contributed by atoms with Gasteiger partial charge < -0.3 is 29.7 Å². The van der Waals surface area contributed by atoms with Gasteiger partial charge in [-0.2, -0.15) is 0 Å². The molecule has 1 aromatic rings. The minimum absolute atomic E-state index is 0.106. The second-order valence-corrected chi connectivity index (χ2v) is 19.0. The average molecular weight is 782 g/mol. The van der Waals surface area contributed by atoms with Crippen LogP contribution in [0.25, 0.3) is 0 Å². The van der Waals surface area contributed by atoms with Crippen molar-refractivity contribution in [2.75, 3.05) is 19.8 Å². The zero-order valence-electron chi connectivity index (χ0n) is 31.6. The SMILES string of the molecule is C=C[C@H]1C[C@@]1(NC(=O)C1C[C@@H]2CN1C(=O)[C@H](C(C)(C)C)NC(=O)OCC1(CC/C=C/COc3cccc4c3CN(C4)C(=O)O2)CC1)C(=O)NS(=O)(=O)C1CC1. The van der Waals surface area contributed by atoms with Gasteiger partial charge in [-0.05, 0) is 62.0 Å². The van der Waals surface area contributed by atoms with Crippen LogP contribution in [0.2, 0.25) is 0 Å². The topological polar surface area (TPSA) is 190 Å². The summed E-state index contributed by atoms with van der Waals surface area (Å²) in [5.41, 5.74) is -0.767. The molecule has 5 amide bonds. The molecule has 1 unspecified atom stereocenters. The van der Waals surface area contributed by atoms with Crippen molar-refractivity contribution in [3.05, 3.63) is 54.1 Å². The number of fused-ring (bicyclic) bond motifs is 3. The molecule has 3 saturated carbocycles. The second-order valence-electron chi connectivity index (χ2n) is 17.0. The van der Waals surface area contributed by atoms with Gasteiger partial charge in [0, 0.05) is 29.9 Å². The number of ether oxygens (including phenoxy) is 3. The van der Waals surface area contributed by atoms with Gasteiger partial charge in [0.15, 0.2) is 0 Å². The fourth-order valence-electron chi connectivity index (χ4n) is 7.82. The molecular formula is C39H51N5O10S. The predicted molar refractivity (Wildman–Crippen MR) is 199 cm³/mol. The van der Waals surface area contributed by atoms with E-state index in [9.17, 15) is 32.4 Å². The Bertz CT molecular complexity index is 1900. The summed E-state index contributed by atoms with van der Waals surface area (Å²) in [5.74, 6) is -2.08. The maximum absolute atomic E-state index is 14.5. The number of sulfonamides is 1. The Kier molecular flexibility index (Phi) is 10.2. The maximum Gasteiger partial charge on any atom is 0.410 e. The first-order chi connectivity index (χ1) is 26.0. The summed E-state index contributed by atoms with van der Waals surface area (Å²) in [5, 5.41) is 4.84. The molecule has 3 N–H and O–H groups in total. The summed E-state index contributed by atoms with van der Waals surface area (Å²) in [7, 11) is -3.92. The van der Waals surface area contributed by atoms with Crippen LogP contribution in [0.4, 0.5) is 9.59 Å². The Balaban J connectivity index is 1.15. The van der Waals surface area contributed by atoms with Gasteiger partial charge in [0.1, 0.15) is 36.1 Å². The number of cyclic esters (lactones) is 1. The van der Waals surface area contributed by atoms with Crippen molar-refractivity contribution < 1.29 is 46.6 Å². The zero-order valence-corrected chi connectivity index (χ0v) is 32.5. The lowest BCUT2D eigenvalue weighted by Gasteiger charge is -2.35. The first kappa shape index (κ1) is 38.7. The van der Waals surface area contributed by atoms with Gasteiger partial charge in [0.25, 0.3) is 5.91 Å². The van der Waals surface area contributed by atoms with Crippen LogP contribution in [0.15, 0.2) is 43.0 Å². The molecule has 3 heterocycles. The lowest BCUT2D eigenvalue weighted by Crippen LogP contribution is -2.60. The number of nitrogens with zero attached hydrogens (tertiary/aromatic N) is 2. The van der Waals surface area contributed by atoms with E-state index in [0.717, 1.165) is 36.8 Å². The van der Waals surface area contributed by atoms with E-state index < -0.39 is 80.2 Å². The van der Waals surface area contributed by atoms with E-state index in [2.05, 4.69) is 28.0 Å². The third kappa shape index (κ3) is 8.19. The number of allylic oxidation sites excluding steroid dienone is 1. The molecule has 0 aromatic heterocycles. The van der Waals surface area contributed by atoms with Crippen LogP contribution in [0.1, 0.15) is 83.3 Å². The Morgan fingerprint density at radius 3 is 2.49 bits per heavy atom. The van der Waals surface area contributed by atoms with Gasteiger partial charge in [0.05, 0.1) is 24.9 Å². The Labute approximate surface area is 321 Å². The molecule has 6 aliphatic rings. The van der Waals surface area contributed by atoms with Crippen LogP contribution in [0.3, 0.4) is 0 Å². The van der Waals surface area contributed by atoms with Gasteiger partial charge in [-0.1, -0.05) is 51.1 Å². The highest BCUT2D eigenvalue weighted by molar-refractivity contribution is 7.91. The number of rotatable bonds is 6. The highest BCUT2D eigenvalue weighted by Gasteiger charge is 2.62. The number of hydrogen-bond acceptors (Lipinski definition) is 10. The number of nitrogens with one attached hydrogen (secondary N) is 3. The summed E-state index contributed by atoms with van der Waals surface area (Å²) in [6.07, 6.45) is 7.49. The predicted octanol–water partition coefficient (Wildman–Crippen LogP) is 3.43. The van der Waals surface area contributed by atoms with E-state index >= 15 is 0 Å². The summed E-state index contributed by atoms with van der Waals surface area (Å²) in [6.45, 7) is 9.99. The molecule has 3 aliphatic heterocycles. The molecule has 1 saturated heterocycles. The molecule has 55 heavy (non-hydrogen) atoms. The van der Waals surface area contributed by atoms with Gasteiger partial charge in [-0.15, -0.1) is 6.58 Å². The molecule has 1 aromatic carbocycles. The molecular weight excluding hydrogens is 731 g/mol. The molecule has 7 rings (SSSR count). The van der Waals surface area contributed by atoms with Crippen LogP contribution >= 0.6 is 0 Å².